The summed E-state index contributed by atoms with van der Waals surface area (Å²) in [6.07, 6.45) is 4.87. The molecule has 0 radical (unpaired) electrons. The molecule has 1 fully saturated rings. The predicted octanol–water partition coefficient (Wildman–Crippen LogP) is 1.34. The first kappa shape index (κ1) is 12.0. The van der Waals surface area contributed by atoms with E-state index in [1.54, 1.807) is 0 Å². The number of likely N-dealkylation sites (tertiary alicyclic amines) is 1. The first-order valence-corrected chi connectivity index (χ1v) is 5.58. The van der Waals surface area contributed by atoms with Gasteiger partial charge in [-0.2, -0.15) is 0 Å². The molecule has 1 aliphatic heterocycles. The molecule has 1 amide bonds. The number of esters is 1. The highest BCUT2D eigenvalue weighted by molar-refractivity contribution is 5.77. The summed E-state index contributed by atoms with van der Waals surface area (Å²) < 4.78 is 4.51. The fourth-order valence-electron chi connectivity index (χ4n) is 1.79. The van der Waals surface area contributed by atoms with Crippen molar-refractivity contribution in [1.82, 2.24) is 4.90 Å². The Morgan fingerprint density at radius 3 is 2.40 bits per heavy atom. The molecule has 1 rings (SSSR count). The van der Waals surface area contributed by atoms with Crippen LogP contribution in [-0.2, 0) is 14.3 Å². The van der Waals surface area contributed by atoms with Gasteiger partial charge in [-0.15, -0.1) is 0 Å². The van der Waals surface area contributed by atoms with Gasteiger partial charge in [-0.3, -0.25) is 9.59 Å². The summed E-state index contributed by atoms with van der Waals surface area (Å²) in [5.41, 5.74) is 0. The van der Waals surface area contributed by atoms with E-state index in [1.807, 2.05) is 4.90 Å². The van der Waals surface area contributed by atoms with Crippen molar-refractivity contribution in [2.75, 3.05) is 20.2 Å². The van der Waals surface area contributed by atoms with E-state index < -0.39 is 0 Å². The number of hydrogen-bond acceptors (Lipinski definition) is 3. The zero-order chi connectivity index (χ0) is 11.1. The molecule has 4 heteroatoms. The van der Waals surface area contributed by atoms with E-state index in [1.165, 1.54) is 13.5 Å². The second kappa shape index (κ2) is 6.43. The summed E-state index contributed by atoms with van der Waals surface area (Å²) in [5, 5.41) is 0. The molecular formula is C11H19NO3. The highest BCUT2D eigenvalue weighted by atomic mass is 16.5. The minimum absolute atomic E-state index is 0.179. The number of carbonyl (C=O) groups is 2. The molecule has 0 unspecified atom stereocenters. The van der Waals surface area contributed by atoms with Crippen LogP contribution in [0.2, 0.25) is 0 Å². The van der Waals surface area contributed by atoms with Gasteiger partial charge in [-0.1, -0.05) is 0 Å². The molecule has 1 heterocycles. The van der Waals surface area contributed by atoms with Crippen molar-refractivity contribution in [3.8, 4) is 0 Å². The van der Waals surface area contributed by atoms with Crippen molar-refractivity contribution in [3.05, 3.63) is 0 Å². The van der Waals surface area contributed by atoms with Crippen LogP contribution in [0.25, 0.3) is 0 Å². The molecule has 0 bridgehead atoms. The predicted molar refractivity (Wildman–Crippen MR) is 56.3 cm³/mol. The highest BCUT2D eigenvalue weighted by Gasteiger charge is 2.16. The molecule has 0 saturated carbocycles. The molecule has 15 heavy (non-hydrogen) atoms. The Hall–Kier alpha value is -1.06. The molecule has 1 saturated heterocycles. The lowest BCUT2D eigenvalue weighted by Gasteiger charge is -2.26. The number of nitrogens with zero attached hydrogens (tertiary/aromatic N) is 1. The van der Waals surface area contributed by atoms with Crippen LogP contribution in [0.3, 0.4) is 0 Å². The Kier molecular flexibility index (Phi) is 5.15. The van der Waals surface area contributed by atoms with Gasteiger partial charge in [0.15, 0.2) is 0 Å². The average molecular weight is 213 g/mol. The van der Waals surface area contributed by atoms with E-state index >= 15 is 0 Å². The Morgan fingerprint density at radius 1 is 1.13 bits per heavy atom. The number of ether oxygens (including phenoxy) is 1. The van der Waals surface area contributed by atoms with Crippen molar-refractivity contribution in [2.24, 2.45) is 0 Å². The SMILES string of the molecule is COC(=O)CCCC(=O)N1CCCCC1. The molecule has 0 aromatic heterocycles. The van der Waals surface area contributed by atoms with Crippen LogP contribution in [0.15, 0.2) is 0 Å². The molecule has 4 nitrogen and oxygen atoms in total. The van der Waals surface area contributed by atoms with Crippen LogP contribution in [0.4, 0.5) is 0 Å². The molecule has 0 N–H and O–H groups in total. The van der Waals surface area contributed by atoms with Crippen LogP contribution < -0.4 is 0 Å². The lowest BCUT2D eigenvalue weighted by atomic mass is 10.1. The Morgan fingerprint density at radius 2 is 1.80 bits per heavy atom. The van der Waals surface area contributed by atoms with Crippen LogP contribution in [0, 0.1) is 0 Å². The van der Waals surface area contributed by atoms with Crippen molar-refractivity contribution in [1.29, 1.82) is 0 Å². The average Bonchev–Trinajstić information content (AvgIpc) is 2.29. The lowest BCUT2D eigenvalue weighted by molar-refractivity contribution is -0.140. The molecule has 0 atom stereocenters. The van der Waals surface area contributed by atoms with Crippen LogP contribution in [-0.4, -0.2) is 37.0 Å². The third-order valence-corrected chi connectivity index (χ3v) is 2.71. The second-order valence-electron chi connectivity index (χ2n) is 3.87. The molecule has 0 spiro atoms. The number of methoxy groups -OCH3 is 1. The first-order chi connectivity index (χ1) is 7.24. The normalized spacial score (nSPS) is 16.2. The maximum atomic E-state index is 11.6. The maximum absolute atomic E-state index is 11.6. The van der Waals surface area contributed by atoms with E-state index in [4.69, 9.17) is 0 Å². The zero-order valence-corrected chi connectivity index (χ0v) is 9.33. The van der Waals surface area contributed by atoms with Gasteiger partial charge in [0.1, 0.15) is 0 Å². The number of hydrogen-bond donors (Lipinski definition) is 0. The molecule has 0 aromatic rings. The number of piperidine rings is 1. The summed E-state index contributed by atoms with van der Waals surface area (Å²) in [5.74, 6) is -0.0555. The second-order valence-corrected chi connectivity index (χ2v) is 3.87. The molecular weight excluding hydrogens is 194 g/mol. The van der Waals surface area contributed by atoms with Gasteiger partial charge < -0.3 is 9.64 Å². The summed E-state index contributed by atoms with van der Waals surface area (Å²) in [6, 6.07) is 0. The van der Waals surface area contributed by atoms with Gasteiger partial charge in [0.05, 0.1) is 7.11 Å². The van der Waals surface area contributed by atoms with Gasteiger partial charge in [0, 0.05) is 25.9 Å². The van der Waals surface area contributed by atoms with Gasteiger partial charge in [0.2, 0.25) is 5.91 Å². The third-order valence-electron chi connectivity index (χ3n) is 2.71. The summed E-state index contributed by atoms with van der Waals surface area (Å²) >= 11 is 0. The van der Waals surface area contributed by atoms with E-state index in [9.17, 15) is 9.59 Å². The molecule has 86 valence electrons. The number of rotatable bonds is 4. The number of amides is 1. The third kappa shape index (κ3) is 4.32. The molecule has 0 aromatic carbocycles. The minimum atomic E-state index is -0.235. The maximum Gasteiger partial charge on any atom is 0.305 e. The highest BCUT2D eigenvalue weighted by Crippen LogP contribution is 2.11. The van der Waals surface area contributed by atoms with Gasteiger partial charge in [-0.05, 0) is 25.7 Å². The van der Waals surface area contributed by atoms with Gasteiger partial charge in [0.25, 0.3) is 0 Å². The van der Waals surface area contributed by atoms with Gasteiger partial charge >= 0.3 is 5.97 Å². The van der Waals surface area contributed by atoms with Crippen molar-refractivity contribution < 1.29 is 14.3 Å². The smallest absolute Gasteiger partial charge is 0.305 e. The molecule has 0 aliphatic carbocycles. The summed E-state index contributed by atoms with van der Waals surface area (Å²) in [4.78, 5) is 24.4. The fraction of sp³-hybridized carbons (Fsp3) is 0.818. The largest absolute Gasteiger partial charge is 0.469 e. The van der Waals surface area contributed by atoms with Crippen molar-refractivity contribution >= 4 is 11.9 Å². The topological polar surface area (TPSA) is 46.6 Å². The Balaban J connectivity index is 2.14. The quantitative estimate of drug-likeness (QED) is 0.662. The van der Waals surface area contributed by atoms with Crippen molar-refractivity contribution in [3.63, 3.8) is 0 Å². The van der Waals surface area contributed by atoms with Gasteiger partial charge in [-0.25, -0.2) is 0 Å². The van der Waals surface area contributed by atoms with Crippen LogP contribution >= 0.6 is 0 Å². The zero-order valence-electron chi connectivity index (χ0n) is 9.33. The van der Waals surface area contributed by atoms with E-state index in [0.29, 0.717) is 19.3 Å². The minimum Gasteiger partial charge on any atom is -0.469 e. The molecule has 1 aliphatic rings. The monoisotopic (exact) mass is 213 g/mol. The van der Waals surface area contributed by atoms with Crippen LogP contribution in [0.5, 0.6) is 0 Å². The van der Waals surface area contributed by atoms with Crippen molar-refractivity contribution in [2.45, 2.75) is 38.5 Å². The number of carbonyl (C=O) groups excluding carboxylic acids is 2. The summed E-state index contributed by atoms with van der Waals surface area (Å²) in [7, 11) is 1.37. The summed E-state index contributed by atoms with van der Waals surface area (Å²) in [6.45, 7) is 1.77. The Bertz CT molecular complexity index is 222. The van der Waals surface area contributed by atoms with Crippen LogP contribution in [0.1, 0.15) is 38.5 Å². The van der Waals surface area contributed by atoms with E-state index in [2.05, 4.69) is 4.74 Å². The fourth-order valence-corrected chi connectivity index (χ4v) is 1.79. The lowest BCUT2D eigenvalue weighted by Crippen LogP contribution is -2.35. The standard InChI is InChI=1S/C11H19NO3/c1-15-11(14)7-5-6-10(13)12-8-3-2-4-9-12/h2-9H2,1H3. The van der Waals surface area contributed by atoms with E-state index in [0.717, 1.165) is 25.9 Å². The first-order valence-electron chi connectivity index (χ1n) is 5.58. The Labute approximate surface area is 90.6 Å². The van der Waals surface area contributed by atoms with E-state index in [-0.39, 0.29) is 11.9 Å².